The minimum absolute atomic E-state index is 0.0260. The van der Waals surface area contributed by atoms with Gasteiger partial charge in [-0.25, -0.2) is 13.1 Å². The topological polar surface area (TPSA) is 85.4 Å². The summed E-state index contributed by atoms with van der Waals surface area (Å²) < 4.78 is 31.1. The van der Waals surface area contributed by atoms with E-state index in [1.807, 2.05) is 13.8 Å². The number of hydrogen-bond donors (Lipinski definition) is 0. The fourth-order valence-corrected chi connectivity index (χ4v) is 5.59. The molecule has 0 aliphatic carbocycles. The molecule has 0 radical (unpaired) electrons. The van der Waals surface area contributed by atoms with E-state index >= 15 is 0 Å². The average molecular weight is 448 g/mol. The molecule has 0 spiro atoms. The Labute approximate surface area is 180 Å². The van der Waals surface area contributed by atoms with Crippen molar-refractivity contribution in [2.45, 2.75) is 32.9 Å². The number of aryl methyl sites for hydroxylation is 1. The molecule has 1 aromatic carbocycles. The minimum atomic E-state index is -3.13. The summed E-state index contributed by atoms with van der Waals surface area (Å²) >= 11 is 6.23. The molecule has 1 atom stereocenters. The Morgan fingerprint density at radius 3 is 2.53 bits per heavy atom. The molecule has 3 aromatic rings. The summed E-state index contributed by atoms with van der Waals surface area (Å²) in [4.78, 5) is 14.9. The van der Waals surface area contributed by atoms with Crippen LogP contribution < -0.4 is 0 Å². The minimum Gasteiger partial charge on any atom is -0.467 e. The van der Waals surface area contributed by atoms with Crippen molar-refractivity contribution in [2.24, 2.45) is 0 Å². The molecule has 1 fully saturated rings. The van der Waals surface area contributed by atoms with Gasteiger partial charge in [0.25, 0.3) is 5.91 Å². The lowest BCUT2D eigenvalue weighted by Crippen LogP contribution is -2.40. The molecule has 0 bridgehead atoms. The van der Waals surface area contributed by atoms with Gasteiger partial charge >= 0.3 is 0 Å². The Hall–Kier alpha value is -2.58. The summed E-state index contributed by atoms with van der Waals surface area (Å²) in [5.74, 6) is 0.451. The molecule has 158 valence electrons. The van der Waals surface area contributed by atoms with Crippen molar-refractivity contribution in [1.29, 1.82) is 0 Å². The molecular weight excluding hydrogens is 426 g/mol. The number of rotatable bonds is 5. The van der Waals surface area contributed by atoms with Crippen LogP contribution in [-0.4, -0.2) is 46.6 Å². The van der Waals surface area contributed by atoms with E-state index in [4.69, 9.17) is 16.0 Å². The van der Waals surface area contributed by atoms with E-state index < -0.39 is 9.84 Å². The molecule has 2 aromatic heterocycles. The van der Waals surface area contributed by atoms with Crippen LogP contribution in [0.25, 0.3) is 5.69 Å². The number of hydrogen-bond acceptors (Lipinski definition) is 5. The maximum atomic E-state index is 13.3. The van der Waals surface area contributed by atoms with Crippen molar-refractivity contribution in [1.82, 2.24) is 14.7 Å². The van der Waals surface area contributed by atoms with Crippen LogP contribution in [0.3, 0.4) is 0 Å². The summed E-state index contributed by atoms with van der Waals surface area (Å²) in [7, 11) is -3.13. The fraction of sp³-hybridized carbons (Fsp3) is 0.333. The monoisotopic (exact) mass is 447 g/mol. The first-order chi connectivity index (χ1) is 14.2. The number of nitrogens with zero attached hydrogens (tertiary/aromatic N) is 3. The lowest BCUT2D eigenvalue weighted by atomic mass is 10.1. The Morgan fingerprint density at radius 1 is 1.27 bits per heavy atom. The second-order valence-corrected chi connectivity index (χ2v) is 10.1. The van der Waals surface area contributed by atoms with Crippen LogP contribution in [0.4, 0.5) is 0 Å². The normalized spacial score (nSPS) is 17.9. The van der Waals surface area contributed by atoms with E-state index in [1.165, 1.54) is 6.26 Å². The smallest absolute Gasteiger partial charge is 0.254 e. The largest absolute Gasteiger partial charge is 0.467 e. The third kappa shape index (κ3) is 4.02. The summed E-state index contributed by atoms with van der Waals surface area (Å²) in [5.41, 5.74) is 2.83. The van der Waals surface area contributed by atoms with Gasteiger partial charge in [-0.2, -0.15) is 5.10 Å². The first kappa shape index (κ1) is 20.7. The summed E-state index contributed by atoms with van der Waals surface area (Å²) in [6.07, 6.45) is 1.97. The van der Waals surface area contributed by atoms with Gasteiger partial charge in [-0.15, -0.1) is 0 Å². The highest BCUT2D eigenvalue weighted by Gasteiger charge is 2.35. The molecule has 1 aliphatic rings. The van der Waals surface area contributed by atoms with E-state index in [-0.39, 0.29) is 30.0 Å². The SMILES string of the molecule is Cc1nn(-c2ccc(C(=O)N(Cc3ccco3)[C@@H]3CCS(=O)(=O)C3)cc2)c(C)c1Cl. The van der Waals surface area contributed by atoms with E-state index in [0.29, 0.717) is 22.8 Å². The van der Waals surface area contributed by atoms with Crippen molar-refractivity contribution in [3.05, 3.63) is 70.4 Å². The molecule has 0 N–H and O–H groups in total. The first-order valence-electron chi connectivity index (χ1n) is 9.61. The zero-order valence-corrected chi connectivity index (χ0v) is 18.3. The van der Waals surface area contributed by atoms with Crippen molar-refractivity contribution < 1.29 is 17.6 Å². The number of halogens is 1. The van der Waals surface area contributed by atoms with Gasteiger partial charge in [0.15, 0.2) is 9.84 Å². The number of amides is 1. The second-order valence-electron chi connectivity index (χ2n) is 7.51. The van der Waals surface area contributed by atoms with Gasteiger partial charge in [0.2, 0.25) is 0 Å². The molecule has 4 rings (SSSR count). The maximum absolute atomic E-state index is 13.3. The molecule has 0 unspecified atom stereocenters. The van der Waals surface area contributed by atoms with Crippen molar-refractivity contribution in [3.63, 3.8) is 0 Å². The average Bonchev–Trinajstić information content (AvgIpc) is 3.42. The standard InChI is InChI=1S/C21H22ClN3O4S/c1-14-20(22)15(2)25(23-14)17-7-5-16(6-8-17)21(26)24(12-19-4-3-10-29-19)18-9-11-30(27,28)13-18/h3-8,10,18H,9,11-13H2,1-2H3/t18-/m1/s1. The zero-order chi connectivity index (χ0) is 21.5. The molecule has 1 saturated heterocycles. The van der Waals surface area contributed by atoms with Crippen LogP contribution in [-0.2, 0) is 16.4 Å². The third-order valence-electron chi connectivity index (χ3n) is 5.38. The van der Waals surface area contributed by atoms with Gasteiger partial charge in [-0.05, 0) is 56.7 Å². The Kier molecular flexibility index (Phi) is 5.46. The molecule has 1 amide bonds. The number of sulfone groups is 1. The van der Waals surface area contributed by atoms with Crippen LogP contribution in [0.1, 0.15) is 33.9 Å². The lowest BCUT2D eigenvalue weighted by molar-refractivity contribution is 0.0666. The van der Waals surface area contributed by atoms with Gasteiger partial charge in [0.05, 0.1) is 46.4 Å². The van der Waals surface area contributed by atoms with Crippen LogP contribution >= 0.6 is 11.6 Å². The highest BCUT2D eigenvalue weighted by Crippen LogP contribution is 2.25. The van der Waals surface area contributed by atoms with Crippen molar-refractivity contribution in [2.75, 3.05) is 11.5 Å². The van der Waals surface area contributed by atoms with Gasteiger partial charge < -0.3 is 9.32 Å². The maximum Gasteiger partial charge on any atom is 0.254 e. The predicted molar refractivity (Wildman–Crippen MR) is 114 cm³/mol. The van der Waals surface area contributed by atoms with Crippen LogP contribution in [0.5, 0.6) is 0 Å². The molecular formula is C21H22ClN3O4S. The number of benzene rings is 1. The van der Waals surface area contributed by atoms with E-state index in [2.05, 4.69) is 5.10 Å². The Bertz CT molecular complexity index is 1170. The van der Waals surface area contributed by atoms with Gasteiger partial charge in [0, 0.05) is 11.6 Å². The highest BCUT2D eigenvalue weighted by atomic mass is 35.5. The van der Waals surface area contributed by atoms with E-state index in [0.717, 1.165) is 17.1 Å². The summed E-state index contributed by atoms with van der Waals surface area (Å²) in [6.45, 7) is 3.94. The highest BCUT2D eigenvalue weighted by molar-refractivity contribution is 7.91. The molecule has 1 aliphatic heterocycles. The molecule has 9 heteroatoms. The lowest BCUT2D eigenvalue weighted by Gasteiger charge is -2.27. The van der Waals surface area contributed by atoms with Crippen LogP contribution in [0, 0.1) is 13.8 Å². The predicted octanol–water partition coefficient (Wildman–Crippen LogP) is 3.57. The number of carbonyl (C=O) groups is 1. The number of aromatic nitrogens is 2. The van der Waals surface area contributed by atoms with E-state index in [1.54, 1.807) is 46.0 Å². The molecule has 30 heavy (non-hydrogen) atoms. The van der Waals surface area contributed by atoms with E-state index in [9.17, 15) is 13.2 Å². The molecule has 0 saturated carbocycles. The summed E-state index contributed by atoms with van der Waals surface area (Å²) in [6, 6.07) is 10.2. The second kappa shape index (κ2) is 7.92. The third-order valence-corrected chi connectivity index (χ3v) is 7.68. The number of carbonyl (C=O) groups excluding carboxylic acids is 1. The zero-order valence-electron chi connectivity index (χ0n) is 16.7. The van der Waals surface area contributed by atoms with Crippen LogP contribution in [0.15, 0.2) is 47.1 Å². The van der Waals surface area contributed by atoms with Crippen molar-refractivity contribution in [3.8, 4) is 5.69 Å². The Balaban J connectivity index is 1.61. The first-order valence-corrected chi connectivity index (χ1v) is 11.8. The molecule has 3 heterocycles. The van der Waals surface area contributed by atoms with Gasteiger partial charge in [-0.3, -0.25) is 4.79 Å². The summed E-state index contributed by atoms with van der Waals surface area (Å²) in [5, 5.41) is 5.04. The van der Waals surface area contributed by atoms with Gasteiger partial charge in [0.1, 0.15) is 5.76 Å². The van der Waals surface area contributed by atoms with Crippen molar-refractivity contribution >= 4 is 27.3 Å². The van der Waals surface area contributed by atoms with Gasteiger partial charge in [-0.1, -0.05) is 11.6 Å². The fourth-order valence-electron chi connectivity index (χ4n) is 3.74. The molecule has 7 nitrogen and oxygen atoms in total. The van der Waals surface area contributed by atoms with Crippen LogP contribution in [0.2, 0.25) is 5.02 Å². The Morgan fingerprint density at radius 2 is 2.00 bits per heavy atom. The quantitative estimate of drug-likeness (QED) is 0.596. The number of furan rings is 1.